The number of amides is 2. The van der Waals surface area contributed by atoms with E-state index >= 15 is 0 Å². The van der Waals surface area contributed by atoms with Crippen LogP contribution in [-0.2, 0) is 9.59 Å². The van der Waals surface area contributed by atoms with Gasteiger partial charge in [-0.15, -0.1) is 0 Å². The molecular formula is C19H30N4O2. The van der Waals surface area contributed by atoms with Gasteiger partial charge >= 0.3 is 0 Å². The summed E-state index contributed by atoms with van der Waals surface area (Å²) in [7, 11) is 0. The van der Waals surface area contributed by atoms with E-state index in [1.807, 2.05) is 0 Å². The van der Waals surface area contributed by atoms with E-state index in [-0.39, 0.29) is 11.8 Å². The van der Waals surface area contributed by atoms with E-state index < -0.39 is 0 Å². The molecule has 138 valence electrons. The minimum Gasteiger partial charge on any atom is -0.326 e. The molecule has 2 rings (SSSR count). The maximum Gasteiger partial charge on any atom is 0.238 e. The Hall–Kier alpha value is -1.92. The zero-order valence-corrected chi connectivity index (χ0v) is 15.4. The van der Waals surface area contributed by atoms with Crippen LogP contribution in [0.4, 0.5) is 11.4 Å². The summed E-state index contributed by atoms with van der Waals surface area (Å²) in [6.45, 7) is 9.15. The topological polar surface area (TPSA) is 64.7 Å². The number of hydrogen-bond acceptors (Lipinski definition) is 4. The lowest BCUT2D eigenvalue weighted by molar-refractivity contribution is -0.117. The molecule has 1 aromatic carbocycles. The Morgan fingerprint density at radius 2 is 1.64 bits per heavy atom. The lowest BCUT2D eigenvalue weighted by Crippen LogP contribution is -2.40. The smallest absolute Gasteiger partial charge is 0.238 e. The van der Waals surface area contributed by atoms with E-state index in [4.69, 9.17) is 0 Å². The van der Waals surface area contributed by atoms with Gasteiger partial charge in [-0.25, -0.2) is 0 Å². The minimum absolute atomic E-state index is 0.00669. The summed E-state index contributed by atoms with van der Waals surface area (Å²) in [5, 5.41) is 5.63. The zero-order valence-electron chi connectivity index (χ0n) is 15.4. The van der Waals surface area contributed by atoms with Crippen LogP contribution in [-0.4, -0.2) is 60.9 Å². The Kier molecular flexibility index (Phi) is 7.88. The lowest BCUT2D eigenvalue weighted by Gasteiger charge is -2.29. The lowest BCUT2D eigenvalue weighted by atomic mass is 10.1. The Morgan fingerprint density at radius 3 is 2.20 bits per heavy atom. The summed E-state index contributed by atoms with van der Waals surface area (Å²) in [5.74, 6) is -0.114. The van der Waals surface area contributed by atoms with Gasteiger partial charge in [-0.3, -0.25) is 14.5 Å². The van der Waals surface area contributed by atoms with Crippen LogP contribution >= 0.6 is 0 Å². The third-order valence-electron chi connectivity index (χ3n) is 4.48. The van der Waals surface area contributed by atoms with Gasteiger partial charge < -0.3 is 15.5 Å². The van der Waals surface area contributed by atoms with Crippen LogP contribution in [0.3, 0.4) is 0 Å². The van der Waals surface area contributed by atoms with Crippen molar-refractivity contribution in [2.75, 3.05) is 49.9 Å². The molecule has 0 aliphatic carbocycles. The van der Waals surface area contributed by atoms with Crippen molar-refractivity contribution in [3.8, 4) is 0 Å². The quantitative estimate of drug-likeness (QED) is 0.759. The molecule has 0 unspecified atom stereocenters. The van der Waals surface area contributed by atoms with Crippen LogP contribution in [0.1, 0.15) is 33.1 Å². The first-order valence-corrected chi connectivity index (χ1v) is 9.19. The van der Waals surface area contributed by atoms with Crippen molar-refractivity contribution in [1.82, 2.24) is 9.80 Å². The fourth-order valence-electron chi connectivity index (χ4n) is 3.06. The molecule has 1 aromatic rings. The molecule has 0 saturated carbocycles. The number of likely N-dealkylation sites (tertiary alicyclic amines) is 1. The van der Waals surface area contributed by atoms with Gasteiger partial charge in [-0.1, -0.05) is 13.3 Å². The number of hydrogen-bond donors (Lipinski definition) is 2. The largest absolute Gasteiger partial charge is 0.326 e. The van der Waals surface area contributed by atoms with Crippen molar-refractivity contribution in [3.05, 3.63) is 24.3 Å². The molecule has 6 heteroatoms. The van der Waals surface area contributed by atoms with Gasteiger partial charge in [0.2, 0.25) is 11.8 Å². The molecule has 0 bridgehead atoms. The van der Waals surface area contributed by atoms with E-state index in [0.717, 1.165) is 31.0 Å². The third kappa shape index (κ3) is 7.23. The molecule has 1 aliphatic heterocycles. The van der Waals surface area contributed by atoms with Gasteiger partial charge in [-0.2, -0.15) is 0 Å². The number of benzene rings is 1. The number of likely N-dealkylation sites (N-methyl/N-ethyl adjacent to an activating group) is 1. The number of nitrogens with one attached hydrogen (secondary N) is 2. The zero-order chi connectivity index (χ0) is 18.1. The predicted molar refractivity (Wildman–Crippen MR) is 102 cm³/mol. The highest BCUT2D eigenvalue weighted by Crippen LogP contribution is 2.13. The molecule has 1 aliphatic rings. The van der Waals surface area contributed by atoms with E-state index in [0.29, 0.717) is 6.54 Å². The standard InChI is InChI=1S/C19H30N4O2/c1-3-22(13-14-23-11-5-4-6-12-23)15-19(25)21-18-9-7-17(8-10-18)20-16(2)24/h7-10H,3-6,11-15H2,1-2H3,(H,20,24)(H,21,25). The highest BCUT2D eigenvalue weighted by Gasteiger charge is 2.13. The number of nitrogens with zero attached hydrogens (tertiary/aromatic N) is 2. The number of rotatable bonds is 8. The SMILES string of the molecule is CCN(CCN1CCCCC1)CC(=O)Nc1ccc(NC(C)=O)cc1. The molecule has 2 amide bonds. The molecule has 0 spiro atoms. The minimum atomic E-state index is -0.107. The first-order chi connectivity index (χ1) is 12.1. The maximum absolute atomic E-state index is 12.3. The van der Waals surface area contributed by atoms with E-state index in [2.05, 4.69) is 27.4 Å². The molecular weight excluding hydrogens is 316 g/mol. The van der Waals surface area contributed by atoms with Crippen LogP contribution in [0.2, 0.25) is 0 Å². The van der Waals surface area contributed by atoms with Gasteiger partial charge in [0.25, 0.3) is 0 Å². The Labute approximate surface area is 150 Å². The van der Waals surface area contributed by atoms with Gasteiger partial charge in [-0.05, 0) is 56.7 Å². The van der Waals surface area contributed by atoms with Crippen molar-refractivity contribution >= 4 is 23.2 Å². The van der Waals surface area contributed by atoms with E-state index in [1.54, 1.807) is 24.3 Å². The van der Waals surface area contributed by atoms with Crippen molar-refractivity contribution in [2.45, 2.75) is 33.1 Å². The van der Waals surface area contributed by atoms with Crippen molar-refractivity contribution in [2.24, 2.45) is 0 Å². The van der Waals surface area contributed by atoms with Crippen LogP contribution in [0.25, 0.3) is 0 Å². The molecule has 0 atom stereocenters. The van der Waals surface area contributed by atoms with Gasteiger partial charge in [0.05, 0.1) is 6.54 Å². The molecule has 1 saturated heterocycles. The highest BCUT2D eigenvalue weighted by atomic mass is 16.2. The Morgan fingerprint density at radius 1 is 1.04 bits per heavy atom. The van der Waals surface area contributed by atoms with E-state index in [1.165, 1.54) is 39.3 Å². The molecule has 0 radical (unpaired) electrons. The summed E-state index contributed by atoms with van der Waals surface area (Å²) >= 11 is 0. The number of anilines is 2. The van der Waals surface area contributed by atoms with Crippen LogP contribution in [0, 0.1) is 0 Å². The molecule has 0 aromatic heterocycles. The number of piperidine rings is 1. The van der Waals surface area contributed by atoms with Gasteiger partial charge in [0.15, 0.2) is 0 Å². The predicted octanol–water partition coefficient (Wildman–Crippen LogP) is 2.39. The number of carbonyl (C=O) groups excluding carboxylic acids is 2. The average molecular weight is 346 g/mol. The summed E-state index contributed by atoms with van der Waals surface area (Å²) in [4.78, 5) is 27.9. The Bertz CT molecular complexity index is 553. The first kappa shape index (κ1) is 19.4. The van der Waals surface area contributed by atoms with Crippen LogP contribution < -0.4 is 10.6 Å². The monoisotopic (exact) mass is 346 g/mol. The first-order valence-electron chi connectivity index (χ1n) is 9.19. The normalized spacial score (nSPS) is 15.2. The van der Waals surface area contributed by atoms with Crippen molar-refractivity contribution in [1.29, 1.82) is 0 Å². The van der Waals surface area contributed by atoms with Gasteiger partial charge in [0.1, 0.15) is 0 Å². The van der Waals surface area contributed by atoms with E-state index in [9.17, 15) is 9.59 Å². The molecule has 6 nitrogen and oxygen atoms in total. The van der Waals surface area contributed by atoms with Gasteiger partial charge in [0, 0.05) is 31.4 Å². The second kappa shape index (κ2) is 10.2. The van der Waals surface area contributed by atoms with Crippen LogP contribution in [0.5, 0.6) is 0 Å². The molecule has 1 heterocycles. The maximum atomic E-state index is 12.3. The molecule has 25 heavy (non-hydrogen) atoms. The second-order valence-corrected chi connectivity index (χ2v) is 6.58. The number of carbonyl (C=O) groups is 2. The summed E-state index contributed by atoms with van der Waals surface area (Å²) in [6, 6.07) is 7.16. The summed E-state index contributed by atoms with van der Waals surface area (Å²) in [6.07, 6.45) is 3.93. The average Bonchev–Trinajstić information content (AvgIpc) is 2.60. The molecule has 1 fully saturated rings. The second-order valence-electron chi connectivity index (χ2n) is 6.58. The summed E-state index contributed by atoms with van der Waals surface area (Å²) in [5.41, 5.74) is 1.47. The fourth-order valence-corrected chi connectivity index (χ4v) is 3.06. The molecule has 2 N–H and O–H groups in total. The van der Waals surface area contributed by atoms with Crippen molar-refractivity contribution in [3.63, 3.8) is 0 Å². The third-order valence-corrected chi connectivity index (χ3v) is 4.48. The van der Waals surface area contributed by atoms with Crippen LogP contribution in [0.15, 0.2) is 24.3 Å². The summed E-state index contributed by atoms with van der Waals surface area (Å²) < 4.78 is 0. The Balaban J connectivity index is 1.75. The highest BCUT2D eigenvalue weighted by molar-refractivity contribution is 5.93. The van der Waals surface area contributed by atoms with Crippen molar-refractivity contribution < 1.29 is 9.59 Å². The fraction of sp³-hybridized carbons (Fsp3) is 0.579.